The first-order chi connectivity index (χ1) is 8.52. The number of carbonyl (C=O) groups excluding carboxylic acids is 1. The Labute approximate surface area is 114 Å². The van der Waals surface area contributed by atoms with Crippen molar-refractivity contribution in [2.75, 3.05) is 0 Å². The standard InChI is InChI=1S/C11H9ClN4OS/c12-9-3-1-7(2-4-9)5-8(6-13)10(17)15-16-11(14)18/h1-5H,(H,15,17)(H3,14,16,18)/b8-5+. The van der Waals surface area contributed by atoms with Crippen molar-refractivity contribution in [1.82, 2.24) is 10.9 Å². The van der Waals surface area contributed by atoms with Crippen LogP contribution < -0.4 is 16.6 Å². The molecule has 0 fully saturated rings. The summed E-state index contributed by atoms with van der Waals surface area (Å²) in [5.74, 6) is -0.625. The van der Waals surface area contributed by atoms with Crippen LogP contribution in [0.1, 0.15) is 5.56 Å². The third-order valence-electron chi connectivity index (χ3n) is 1.85. The number of hydrogen-bond donors (Lipinski definition) is 3. The lowest BCUT2D eigenvalue weighted by atomic mass is 10.1. The third-order valence-corrected chi connectivity index (χ3v) is 2.20. The molecule has 0 radical (unpaired) electrons. The van der Waals surface area contributed by atoms with Crippen LogP contribution in [0.15, 0.2) is 29.8 Å². The van der Waals surface area contributed by atoms with Gasteiger partial charge in [-0.05, 0) is 36.0 Å². The quantitative estimate of drug-likeness (QED) is 0.327. The molecular weight excluding hydrogens is 272 g/mol. The molecule has 0 atom stereocenters. The molecule has 0 aliphatic carbocycles. The summed E-state index contributed by atoms with van der Waals surface area (Å²) < 4.78 is 0. The lowest BCUT2D eigenvalue weighted by Gasteiger charge is -2.04. The highest BCUT2D eigenvalue weighted by Gasteiger charge is 2.08. The normalized spacial score (nSPS) is 10.3. The first-order valence-electron chi connectivity index (χ1n) is 4.76. The lowest BCUT2D eigenvalue weighted by molar-refractivity contribution is -0.117. The van der Waals surface area contributed by atoms with E-state index >= 15 is 0 Å². The molecule has 5 nitrogen and oxygen atoms in total. The fourth-order valence-electron chi connectivity index (χ4n) is 1.06. The van der Waals surface area contributed by atoms with E-state index in [0.717, 1.165) is 0 Å². The van der Waals surface area contributed by atoms with Gasteiger partial charge >= 0.3 is 0 Å². The van der Waals surface area contributed by atoms with E-state index in [1.165, 1.54) is 6.08 Å². The monoisotopic (exact) mass is 280 g/mol. The predicted octanol–water partition coefficient (Wildman–Crippen LogP) is 1.11. The molecule has 0 spiro atoms. The average molecular weight is 281 g/mol. The highest BCUT2D eigenvalue weighted by Crippen LogP contribution is 2.12. The van der Waals surface area contributed by atoms with E-state index in [1.54, 1.807) is 30.3 Å². The Balaban J connectivity index is 2.83. The fourth-order valence-corrected chi connectivity index (χ4v) is 1.24. The number of amides is 1. The Morgan fingerprint density at radius 3 is 2.50 bits per heavy atom. The van der Waals surface area contributed by atoms with E-state index in [4.69, 9.17) is 22.6 Å². The topological polar surface area (TPSA) is 90.9 Å². The van der Waals surface area contributed by atoms with E-state index in [9.17, 15) is 4.79 Å². The molecule has 0 aliphatic rings. The second-order valence-corrected chi connectivity index (χ2v) is 4.04. The first kappa shape index (κ1) is 14.0. The molecule has 0 unspecified atom stereocenters. The van der Waals surface area contributed by atoms with Gasteiger partial charge in [-0.3, -0.25) is 15.6 Å². The molecule has 1 aromatic rings. The van der Waals surface area contributed by atoms with Crippen LogP contribution >= 0.6 is 23.8 Å². The van der Waals surface area contributed by atoms with Crippen molar-refractivity contribution in [2.24, 2.45) is 5.73 Å². The molecule has 7 heteroatoms. The average Bonchev–Trinajstić information content (AvgIpc) is 2.35. The van der Waals surface area contributed by atoms with Crippen LogP contribution in [0, 0.1) is 11.3 Å². The molecule has 0 aromatic heterocycles. The van der Waals surface area contributed by atoms with E-state index < -0.39 is 5.91 Å². The zero-order valence-corrected chi connectivity index (χ0v) is 10.7. The van der Waals surface area contributed by atoms with Crippen LogP contribution in [0.2, 0.25) is 5.02 Å². The van der Waals surface area contributed by atoms with Gasteiger partial charge in [-0.25, -0.2) is 0 Å². The molecule has 1 aromatic carbocycles. The molecule has 1 amide bonds. The molecule has 4 N–H and O–H groups in total. The first-order valence-corrected chi connectivity index (χ1v) is 5.54. The number of rotatable bonds is 2. The molecule has 0 saturated carbocycles. The minimum absolute atomic E-state index is 0.0823. The van der Waals surface area contributed by atoms with Gasteiger partial charge in [-0.15, -0.1) is 0 Å². The van der Waals surface area contributed by atoms with Crippen LogP contribution in [-0.4, -0.2) is 11.0 Å². The summed E-state index contributed by atoms with van der Waals surface area (Å²) in [6.45, 7) is 0. The number of nitrogens with zero attached hydrogens (tertiary/aromatic N) is 1. The van der Waals surface area contributed by atoms with Crippen molar-refractivity contribution < 1.29 is 4.79 Å². The summed E-state index contributed by atoms with van der Waals surface area (Å²) in [6.07, 6.45) is 1.42. The van der Waals surface area contributed by atoms with Crippen molar-refractivity contribution in [3.8, 4) is 6.07 Å². The maximum Gasteiger partial charge on any atom is 0.280 e. The van der Waals surface area contributed by atoms with E-state index in [2.05, 4.69) is 23.1 Å². The Morgan fingerprint density at radius 1 is 1.39 bits per heavy atom. The summed E-state index contributed by atoms with van der Waals surface area (Å²) >= 11 is 10.2. The number of halogens is 1. The Kier molecular flexibility index (Phi) is 5.11. The van der Waals surface area contributed by atoms with E-state index in [1.807, 2.05) is 0 Å². The molecule has 92 valence electrons. The van der Waals surface area contributed by atoms with Crippen LogP contribution in [-0.2, 0) is 4.79 Å². The van der Waals surface area contributed by atoms with Gasteiger partial charge in [0.2, 0.25) is 0 Å². The zero-order valence-electron chi connectivity index (χ0n) is 9.11. The minimum atomic E-state index is -0.625. The van der Waals surface area contributed by atoms with Gasteiger partial charge in [-0.1, -0.05) is 23.7 Å². The SMILES string of the molecule is N#C/C(=C\c1ccc(Cl)cc1)C(=O)NNC(N)=S. The molecular formula is C11H9ClN4OS. The number of hydrazine groups is 1. The number of nitrogens with one attached hydrogen (secondary N) is 2. The van der Waals surface area contributed by atoms with E-state index in [-0.39, 0.29) is 10.7 Å². The smallest absolute Gasteiger partial charge is 0.280 e. The van der Waals surface area contributed by atoms with Gasteiger partial charge in [0.25, 0.3) is 5.91 Å². The second-order valence-electron chi connectivity index (χ2n) is 3.16. The summed E-state index contributed by atoms with van der Waals surface area (Å²) in [5.41, 5.74) is 10.2. The van der Waals surface area contributed by atoms with Crippen molar-refractivity contribution in [2.45, 2.75) is 0 Å². The third kappa shape index (κ3) is 4.41. The zero-order chi connectivity index (χ0) is 13.5. The number of nitriles is 1. The summed E-state index contributed by atoms with van der Waals surface area (Å²) in [5, 5.41) is 9.36. The second kappa shape index (κ2) is 6.59. The summed E-state index contributed by atoms with van der Waals surface area (Å²) in [6, 6.07) is 8.48. The van der Waals surface area contributed by atoms with Crippen LogP contribution in [0.5, 0.6) is 0 Å². The number of benzene rings is 1. The van der Waals surface area contributed by atoms with Gasteiger partial charge in [0.05, 0.1) is 0 Å². The van der Waals surface area contributed by atoms with Crippen LogP contribution in [0.25, 0.3) is 6.08 Å². The van der Waals surface area contributed by atoms with Gasteiger partial charge in [0.15, 0.2) is 5.11 Å². The van der Waals surface area contributed by atoms with Crippen molar-refractivity contribution in [3.63, 3.8) is 0 Å². The predicted molar refractivity (Wildman–Crippen MR) is 73.1 cm³/mol. The maximum atomic E-state index is 11.5. The Hall–Kier alpha value is -2.10. The van der Waals surface area contributed by atoms with Crippen molar-refractivity contribution >= 4 is 40.9 Å². The number of thiocarbonyl (C=S) groups is 1. The molecule has 0 saturated heterocycles. The van der Waals surface area contributed by atoms with Gasteiger partial charge < -0.3 is 5.73 Å². The highest BCUT2D eigenvalue weighted by molar-refractivity contribution is 7.80. The van der Waals surface area contributed by atoms with Gasteiger partial charge in [0.1, 0.15) is 11.6 Å². The maximum absolute atomic E-state index is 11.5. The van der Waals surface area contributed by atoms with Crippen LogP contribution in [0.4, 0.5) is 0 Å². The molecule has 0 aliphatic heterocycles. The van der Waals surface area contributed by atoms with Crippen molar-refractivity contribution in [1.29, 1.82) is 5.26 Å². The van der Waals surface area contributed by atoms with Gasteiger partial charge in [-0.2, -0.15) is 5.26 Å². The summed E-state index contributed by atoms with van der Waals surface area (Å²) in [4.78, 5) is 11.5. The van der Waals surface area contributed by atoms with E-state index in [0.29, 0.717) is 10.6 Å². The van der Waals surface area contributed by atoms with Crippen LogP contribution in [0.3, 0.4) is 0 Å². The number of nitrogens with two attached hydrogens (primary N) is 1. The Morgan fingerprint density at radius 2 is 2.00 bits per heavy atom. The molecule has 0 bridgehead atoms. The Bertz CT molecular complexity index is 533. The molecule has 1 rings (SSSR count). The summed E-state index contributed by atoms with van der Waals surface area (Å²) in [7, 11) is 0. The largest absolute Gasteiger partial charge is 0.375 e. The highest BCUT2D eigenvalue weighted by atomic mass is 35.5. The molecule has 0 heterocycles. The minimum Gasteiger partial charge on any atom is -0.375 e. The molecule has 18 heavy (non-hydrogen) atoms. The fraction of sp³-hybridized carbons (Fsp3) is 0. The lowest BCUT2D eigenvalue weighted by Crippen LogP contribution is -2.44. The number of carbonyl (C=O) groups is 1. The number of hydrogen-bond acceptors (Lipinski definition) is 3. The van der Waals surface area contributed by atoms with Crippen molar-refractivity contribution in [3.05, 3.63) is 40.4 Å². The van der Waals surface area contributed by atoms with Gasteiger partial charge in [0, 0.05) is 5.02 Å².